The minimum Gasteiger partial charge on any atom is -0.404 e. The zero-order valence-corrected chi connectivity index (χ0v) is 18.2. The monoisotopic (exact) mass is 459 g/mol. The number of hydrogen-bond acceptors (Lipinski definition) is 7. The summed E-state index contributed by atoms with van der Waals surface area (Å²) in [7, 11) is 0. The summed E-state index contributed by atoms with van der Waals surface area (Å²) in [5.41, 5.74) is 8.91. The topological polar surface area (TPSA) is 127 Å². The maximum atomic E-state index is 13.4. The van der Waals surface area contributed by atoms with Gasteiger partial charge in [0.2, 0.25) is 5.92 Å². The van der Waals surface area contributed by atoms with Crippen LogP contribution in [0.1, 0.15) is 37.9 Å². The van der Waals surface area contributed by atoms with Gasteiger partial charge in [0.05, 0.1) is 60.8 Å². The van der Waals surface area contributed by atoms with Gasteiger partial charge in [0, 0.05) is 42.6 Å². The van der Waals surface area contributed by atoms with Gasteiger partial charge >= 0.3 is 0 Å². The van der Waals surface area contributed by atoms with E-state index in [9.17, 15) is 13.9 Å². The Hall–Kier alpha value is -3.18. The van der Waals surface area contributed by atoms with E-state index in [2.05, 4.69) is 15.2 Å². The maximum Gasteiger partial charge on any atom is 0.248 e. The Morgan fingerprint density at radius 1 is 1.36 bits per heavy atom. The van der Waals surface area contributed by atoms with Gasteiger partial charge in [-0.1, -0.05) is 6.92 Å². The van der Waals surface area contributed by atoms with E-state index in [4.69, 9.17) is 15.8 Å². The lowest BCUT2D eigenvalue weighted by Crippen LogP contribution is -2.40. The van der Waals surface area contributed by atoms with Crippen LogP contribution in [0.25, 0.3) is 22.3 Å². The van der Waals surface area contributed by atoms with Gasteiger partial charge in [-0.3, -0.25) is 9.67 Å². The smallest absolute Gasteiger partial charge is 0.248 e. The molecule has 0 aliphatic heterocycles. The van der Waals surface area contributed by atoms with Gasteiger partial charge in [-0.2, -0.15) is 10.2 Å². The fourth-order valence-electron chi connectivity index (χ4n) is 4.16. The van der Waals surface area contributed by atoms with E-state index in [0.29, 0.717) is 23.4 Å². The molecule has 9 nitrogen and oxygen atoms in total. The number of nitrogens with two attached hydrogens (primary N) is 1. The molecule has 4 rings (SSSR count). The van der Waals surface area contributed by atoms with Crippen molar-refractivity contribution in [1.29, 1.82) is 0 Å². The summed E-state index contributed by atoms with van der Waals surface area (Å²) >= 11 is 0. The second kappa shape index (κ2) is 9.36. The first-order valence-electron chi connectivity index (χ1n) is 10.8. The van der Waals surface area contributed by atoms with Crippen molar-refractivity contribution in [2.75, 3.05) is 13.2 Å². The van der Waals surface area contributed by atoms with Crippen LogP contribution in [0.15, 0.2) is 42.0 Å². The fraction of sp³-hybridized carbons (Fsp3) is 0.455. The first-order valence-corrected chi connectivity index (χ1v) is 10.8. The lowest BCUT2D eigenvalue weighted by atomic mass is 9.75. The lowest BCUT2D eigenvalue weighted by molar-refractivity contribution is -0.125. The molecule has 0 aromatic carbocycles. The van der Waals surface area contributed by atoms with E-state index in [1.54, 1.807) is 27.8 Å². The summed E-state index contributed by atoms with van der Waals surface area (Å²) < 4.78 is 30.3. The van der Waals surface area contributed by atoms with Crippen LogP contribution in [-0.2, 0) is 0 Å². The lowest BCUT2D eigenvalue weighted by Gasteiger charge is -2.39. The van der Waals surface area contributed by atoms with Gasteiger partial charge in [-0.25, -0.2) is 18.3 Å². The molecule has 0 radical (unpaired) electrons. The number of halogens is 2. The van der Waals surface area contributed by atoms with Gasteiger partial charge in [0.1, 0.15) is 0 Å². The molecule has 1 aliphatic carbocycles. The highest BCUT2D eigenvalue weighted by molar-refractivity contribution is 6.09. The number of rotatable bonds is 9. The summed E-state index contributed by atoms with van der Waals surface area (Å²) in [5.74, 6) is -2.68. The zero-order valence-electron chi connectivity index (χ0n) is 18.2. The Morgan fingerprint density at radius 2 is 2.15 bits per heavy atom. The van der Waals surface area contributed by atoms with E-state index >= 15 is 0 Å². The molecule has 1 aliphatic rings. The van der Waals surface area contributed by atoms with Crippen LogP contribution in [0, 0.1) is 5.92 Å². The van der Waals surface area contributed by atoms with Crippen LogP contribution in [0.4, 0.5) is 8.78 Å². The third-order valence-corrected chi connectivity index (χ3v) is 5.92. The zero-order chi connectivity index (χ0) is 23.6. The summed E-state index contributed by atoms with van der Waals surface area (Å²) in [6.45, 7) is 1.61. The highest BCUT2D eigenvalue weighted by atomic mass is 19.3. The van der Waals surface area contributed by atoms with Crippen molar-refractivity contribution in [3.8, 4) is 11.3 Å². The molecule has 4 N–H and O–H groups in total. The SMILES string of the molecule is CCC(C1CC(F)(F)C1)n1cc(-c2nc(C(C=NCC(O)CO)=CN)cn3nccc23)cn1. The minimum absolute atomic E-state index is 0.0239. The molecular formula is C22H27F2N7O2. The Balaban J connectivity index is 1.65. The van der Waals surface area contributed by atoms with E-state index < -0.39 is 12.0 Å². The Labute approximate surface area is 189 Å². The second-order valence-corrected chi connectivity index (χ2v) is 8.30. The van der Waals surface area contributed by atoms with Gasteiger partial charge in [0.25, 0.3) is 0 Å². The van der Waals surface area contributed by atoms with Gasteiger partial charge < -0.3 is 15.9 Å². The van der Waals surface area contributed by atoms with E-state index in [1.807, 2.05) is 19.2 Å². The minimum atomic E-state index is -2.58. The number of fused-ring (bicyclic) bond motifs is 1. The maximum absolute atomic E-state index is 13.4. The van der Waals surface area contributed by atoms with Gasteiger partial charge in [0.15, 0.2) is 0 Å². The predicted molar refractivity (Wildman–Crippen MR) is 120 cm³/mol. The normalized spacial score (nSPS) is 18.6. The molecule has 1 fully saturated rings. The van der Waals surface area contributed by atoms with Crippen molar-refractivity contribution in [1.82, 2.24) is 24.4 Å². The van der Waals surface area contributed by atoms with Crippen molar-refractivity contribution in [2.45, 2.75) is 44.3 Å². The van der Waals surface area contributed by atoms with Crippen molar-refractivity contribution >= 4 is 17.3 Å². The largest absolute Gasteiger partial charge is 0.404 e. The third-order valence-electron chi connectivity index (χ3n) is 5.92. The molecule has 0 bridgehead atoms. The first-order chi connectivity index (χ1) is 15.8. The number of hydrogen-bond donors (Lipinski definition) is 3. The number of aromatic nitrogens is 5. The summed E-state index contributed by atoms with van der Waals surface area (Å²) in [5, 5.41) is 27.2. The van der Waals surface area contributed by atoms with E-state index in [-0.39, 0.29) is 38.0 Å². The molecule has 176 valence electrons. The molecule has 2 unspecified atom stereocenters. The van der Waals surface area contributed by atoms with Crippen LogP contribution < -0.4 is 5.73 Å². The average Bonchev–Trinajstić information content (AvgIpc) is 3.45. The molecule has 33 heavy (non-hydrogen) atoms. The quantitative estimate of drug-likeness (QED) is 0.422. The number of nitrogens with zero attached hydrogens (tertiary/aromatic N) is 6. The molecule has 11 heteroatoms. The highest BCUT2D eigenvalue weighted by Gasteiger charge is 2.48. The third kappa shape index (κ3) is 4.79. The van der Waals surface area contributed by atoms with Crippen LogP contribution in [-0.4, -0.2) is 66.0 Å². The Bertz CT molecular complexity index is 1160. The standard InChI is InChI=1S/C22H27F2N7O2/c1-2-19(14-5-22(23,24)6-14)30-11-16(9-28-30)21-20-3-4-27-31(20)12-18(29-21)15(7-25)8-26-10-17(33)13-32/h3-4,7-9,11-12,14,17,19,32-33H,2,5-6,10,13,25H2,1H3. The summed E-state index contributed by atoms with van der Waals surface area (Å²) in [4.78, 5) is 8.86. The number of aliphatic hydroxyl groups is 2. The molecular weight excluding hydrogens is 432 g/mol. The van der Waals surface area contributed by atoms with Crippen LogP contribution in [0.2, 0.25) is 0 Å². The first kappa shape index (κ1) is 23.0. The fourth-order valence-corrected chi connectivity index (χ4v) is 4.16. The van der Waals surface area contributed by atoms with Crippen molar-refractivity contribution in [2.24, 2.45) is 16.6 Å². The molecule has 3 aromatic heterocycles. The van der Waals surface area contributed by atoms with E-state index in [0.717, 1.165) is 11.1 Å². The molecule has 3 heterocycles. The number of aliphatic imine (C=N–C) groups is 1. The van der Waals surface area contributed by atoms with E-state index in [1.165, 1.54) is 12.4 Å². The van der Waals surface area contributed by atoms with Gasteiger partial charge in [-0.15, -0.1) is 0 Å². The molecule has 0 spiro atoms. The predicted octanol–water partition coefficient (Wildman–Crippen LogP) is 2.31. The number of alkyl halides is 2. The molecule has 3 aromatic rings. The Morgan fingerprint density at radius 3 is 2.82 bits per heavy atom. The van der Waals surface area contributed by atoms with Crippen LogP contribution in [0.5, 0.6) is 0 Å². The molecule has 0 saturated heterocycles. The van der Waals surface area contributed by atoms with Crippen LogP contribution >= 0.6 is 0 Å². The van der Waals surface area contributed by atoms with Crippen molar-refractivity contribution in [3.63, 3.8) is 0 Å². The number of allylic oxidation sites excluding steroid dienone is 1. The van der Waals surface area contributed by atoms with Crippen molar-refractivity contribution < 1.29 is 19.0 Å². The molecule has 0 amide bonds. The average molecular weight is 460 g/mol. The summed E-state index contributed by atoms with van der Waals surface area (Å²) in [6.07, 6.45) is 9.22. The summed E-state index contributed by atoms with van der Waals surface area (Å²) in [6, 6.07) is 1.72. The number of aliphatic hydroxyl groups excluding tert-OH is 2. The molecule has 1 saturated carbocycles. The van der Waals surface area contributed by atoms with Gasteiger partial charge in [-0.05, 0) is 18.4 Å². The van der Waals surface area contributed by atoms with Crippen LogP contribution in [0.3, 0.4) is 0 Å². The molecule has 2 atom stereocenters. The van der Waals surface area contributed by atoms with Crippen molar-refractivity contribution in [3.05, 3.63) is 42.7 Å². The Kier molecular flexibility index (Phi) is 6.52. The highest BCUT2D eigenvalue weighted by Crippen LogP contribution is 2.48. The second-order valence-electron chi connectivity index (χ2n) is 8.30.